The van der Waals surface area contributed by atoms with E-state index in [1.807, 2.05) is 0 Å². The van der Waals surface area contributed by atoms with E-state index in [-0.39, 0.29) is 35.3 Å². The summed E-state index contributed by atoms with van der Waals surface area (Å²) in [6.45, 7) is -0.558. The van der Waals surface area contributed by atoms with Crippen LogP contribution in [0.15, 0.2) is 53.6 Å². The van der Waals surface area contributed by atoms with Crippen LogP contribution in [0, 0.1) is 11.2 Å². The molecule has 180 valence electrons. The third-order valence-corrected chi connectivity index (χ3v) is 6.83. The van der Waals surface area contributed by atoms with Crippen molar-refractivity contribution in [2.24, 2.45) is 5.41 Å². The van der Waals surface area contributed by atoms with E-state index >= 15 is 0 Å². The fourth-order valence-electron chi connectivity index (χ4n) is 3.00. The number of halogens is 5. The number of nitrogens with zero attached hydrogens (tertiary/aromatic N) is 3. The molecule has 1 aliphatic rings. The molecule has 2 aromatic heterocycles. The van der Waals surface area contributed by atoms with Gasteiger partial charge in [-0.2, -0.15) is 13.2 Å². The molecule has 0 bridgehead atoms. The standard InChI is InChI=1S/C20H15ClF4N4O4S/c21-17-12(18(30)28-34(31,32)14-4-2-1-3-13(14)22)5-6-15(26-17)29-10-7-16(27-29)33-11-19(8-9-19)20(23,24)25/h1-7,10H,8-9,11H2,(H,28,30). The third kappa shape index (κ3) is 4.71. The fraction of sp³-hybridized carbons (Fsp3) is 0.250. The lowest BCUT2D eigenvalue weighted by Gasteiger charge is -2.18. The van der Waals surface area contributed by atoms with Gasteiger partial charge in [-0.25, -0.2) is 27.2 Å². The highest BCUT2D eigenvalue weighted by atomic mass is 35.5. The first-order chi connectivity index (χ1) is 15.9. The van der Waals surface area contributed by atoms with E-state index in [2.05, 4.69) is 10.1 Å². The molecule has 4 rings (SSSR count). The van der Waals surface area contributed by atoms with Crippen LogP contribution in [-0.4, -0.2) is 41.9 Å². The third-order valence-electron chi connectivity index (χ3n) is 5.18. The van der Waals surface area contributed by atoms with Gasteiger partial charge < -0.3 is 4.74 Å². The molecule has 3 aromatic rings. The number of hydrogen-bond acceptors (Lipinski definition) is 6. The van der Waals surface area contributed by atoms with Crippen LogP contribution in [0.3, 0.4) is 0 Å². The normalized spacial score (nSPS) is 15.1. The number of amides is 1. The fourth-order valence-corrected chi connectivity index (χ4v) is 4.28. The topological polar surface area (TPSA) is 103 Å². The number of hydrogen-bond donors (Lipinski definition) is 1. The summed E-state index contributed by atoms with van der Waals surface area (Å²) in [7, 11) is -4.51. The number of sulfonamides is 1. The number of pyridine rings is 1. The van der Waals surface area contributed by atoms with Crippen molar-refractivity contribution < 1.29 is 35.5 Å². The Kier molecular flexibility index (Phi) is 6.02. The van der Waals surface area contributed by atoms with E-state index in [4.69, 9.17) is 16.3 Å². The molecule has 0 aliphatic heterocycles. The van der Waals surface area contributed by atoms with E-state index < -0.39 is 44.8 Å². The summed E-state index contributed by atoms with van der Waals surface area (Å²) in [5.74, 6) is -2.16. The quantitative estimate of drug-likeness (QED) is 0.376. The number of aromatic nitrogens is 3. The molecule has 8 nitrogen and oxygen atoms in total. The number of nitrogens with one attached hydrogen (secondary N) is 1. The molecule has 1 aromatic carbocycles. The average Bonchev–Trinajstić information content (AvgIpc) is 3.42. The molecule has 2 heterocycles. The van der Waals surface area contributed by atoms with Crippen LogP contribution in [-0.2, 0) is 10.0 Å². The molecule has 1 saturated carbocycles. The second-order valence-corrected chi connectivity index (χ2v) is 9.55. The summed E-state index contributed by atoms with van der Waals surface area (Å²) in [5, 5.41) is 3.60. The summed E-state index contributed by atoms with van der Waals surface area (Å²) >= 11 is 6.03. The number of benzene rings is 1. The van der Waals surface area contributed by atoms with Crippen LogP contribution in [0.1, 0.15) is 23.2 Å². The van der Waals surface area contributed by atoms with Gasteiger partial charge in [0.25, 0.3) is 15.9 Å². The molecular weight excluding hydrogens is 504 g/mol. The van der Waals surface area contributed by atoms with Gasteiger partial charge >= 0.3 is 6.18 Å². The zero-order valence-corrected chi connectivity index (χ0v) is 18.6. The SMILES string of the molecule is O=C(NS(=O)(=O)c1ccccc1F)c1ccc(-n2ccc(OCC3(C(F)(F)F)CC3)n2)nc1Cl. The predicted molar refractivity (Wildman–Crippen MR) is 111 cm³/mol. The molecule has 0 saturated heterocycles. The highest BCUT2D eigenvalue weighted by Crippen LogP contribution is 2.57. The maximum Gasteiger partial charge on any atom is 0.397 e. The van der Waals surface area contributed by atoms with Gasteiger partial charge in [0.05, 0.1) is 5.56 Å². The Balaban J connectivity index is 1.46. The Bertz CT molecular complexity index is 1360. The van der Waals surface area contributed by atoms with E-state index in [0.717, 1.165) is 16.8 Å². The maximum absolute atomic E-state index is 13.8. The van der Waals surface area contributed by atoms with Gasteiger partial charge in [-0.3, -0.25) is 4.79 Å². The minimum Gasteiger partial charge on any atom is -0.476 e. The molecule has 0 radical (unpaired) electrons. The maximum atomic E-state index is 13.8. The Morgan fingerprint density at radius 3 is 2.50 bits per heavy atom. The Labute approximate surface area is 195 Å². The molecule has 14 heteroatoms. The highest BCUT2D eigenvalue weighted by molar-refractivity contribution is 7.90. The Morgan fingerprint density at radius 1 is 1.18 bits per heavy atom. The van der Waals surface area contributed by atoms with Crippen molar-refractivity contribution in [3.05, 3.63) is 65.2 Å². The molecule has 0 atom stereocenters. The van der Waals surface area contributed by atoms with Gasteiger partial charge in [0.1, 0.15) is 27.9 Å². The summed E-state index contributed by atoms with van der Waals surface area (Å²) < 4.78 is 85.5. The minimum absolute atomic E-state index is 0.00939. The van der Waals surface area contributed by atoms with Crippen molar-refractivity contribution in [3.8, 4) is 11.7 Å². The zero-order chi connectivity index (χ0) is 24.7. The number of alkyl halides is 3. The van der Waals surface area contributed by atoms with Gasteiger partial charge in [0.2, 0.25) is 5.88 Å². The average molecular weight is 519 g/mol. The number of carbonyl (C=O) groups is 1. The number of rotatable bonds is 7. The Morgan fingerprint density at radius 2 is 1.88 bits per heavy atom. The van der Waals surface area contributed by atoms with Gasteiger partial charge in [-0.05, 0) is 37.1 Å². The summed E-state index contributed by atoms with van der Waals surface area (Å²) in [4.78, 5) is 15.7. The second-order valence-electron chi connectivity index (χ2n) is 7.54. The van der Waals surface area contributed by atoms with Crippen molar-refractivity contribution in [1.29, 1.82) is 0 Å². The molecular formula is C20H15ClF4N4O4S. The van der Waals surface area contributed by atoms with E-state index in [1.54, 1.807) is 4.72 Å². The minimum atomic E-state index is -4.51. The van der Waals surface area contributed by atoms with Crippen LogP contribution in [0.2, 0.25) is 5.15 Å². The first-order valence-corrected chi connectivity index (χ1v) is 11.5. The lowest BCUT2D eigenvalue weighted by molar-refractivity contribution is -0.194. The van der Waals surface area contributed by atoms with Gasteiger partial charge in [0.15, 0.2) is 5.82 Å². The van der Waals surface area contributed by atoms with Crippen LogP contribution < -0.4 is 9.46 Å². The van der Waals surface area contributed by atoms with E-state index in [0.29, 0.717) is 0 Å². The summed E-state index contributed by atoms with van der Waals surface area (Å²) in [6, 6.07) is 8.29. The molecule has 34 heavy (non-hydrogen) atoms. The number of ether oxygens (including phenoxy) is 1. The molecule has 1 aliphatic carbocycles. The van der Waals surface area contributed by atoms with E-state index in [9.17, 15) is 30.8 Å². The molecule has 0 spiro atoms. The van der Waals surface area contributed by atoms with Crippen LogP contribution in [0.5, 0.6) is 5.88 Å². The monoisotopic (exact) mass is 518 g/mol. The zero-order valence-electron chi connectivity index (χ0n) is 17.0. The van der Waals surface area contributed by atoms with Crippen molar-refractivity contribution in [1.82, 2.24) is 19.5 Å². The second kappa shape index (κ2) is 8.55. The van der Waals surface area contributed by atoms with Crippen molar-refractivity contribution in [2.45, 2.75) is 23.9 Å². The van der Waals surface area contributed by atoms with Gasteiger partial charge in [-0.15, -0.1) is 5.10 Å². The highest BCUT2D eigenvalue weighted by Gasteiger charge is 2.64. The van der Waals surface area contributed by atoms with Crippen molar-refractivity contribution >= 4 is 27.5 Å². The first kappa shape index (κ1) is 24.0. The van der Waals surface area contributed by atoms with E-state index in [1.165, 1.54) is 36.5 Å². The van der Waals surface area contributed by atoms with Crippen LogP contribution in [0.4, 0.5) is 17.6 Å². The van der Waals surface area contributed by atoms with Gasteiger partial charge in [0, 0.05) is 12.3 Å². The largest absolute Gasteiger partial charge is 0.476 e. The van der Waals surface area contributed by atoms with Crippen molar-refractivity contribution in [3.63, 3.8) is 0 Å². The summed E-state index contributed by atoms with van der Waals surface area (Å²) in [6.07, 6.45) is -3.01. The summed E-state index contributed by atoms with van der Waals surface area (Å²) in [5.41, 5.74) is -2.16. The molecule has 0 unspecified atom stereocenters. The number of carbonyl (C=O) groups excluding carboxylic acids is 1. The Hall–Kier alpha value is -3.19. The molecule has 1 amide bonds. The van der Waals surface area contributed by atoms with Crippen LogP contribution >= 0.6 is 11.6 Å². The van der Waals surface area contributed by atoms with Crippen molar-refractivity contribution in [2.75, 3.05) is 6.61 Å². The van der Waals surface area contributed by atoms with Gasteiger partial charge in [-0.1, -0.05) is 23.7 Å². The first-order valence-electron chi connectivity index (χ1n) is 9.66. The lowest BCUT2D eigenvalue weighted by atomic mass is 10.1. The molecule has 1 fully saturated rings. The smallest absolute Gasteiger partial charge is 0.397 e. The predicted octanol–water partition coefficient (Wildman–Crippen LogP) is 3.90. The molecule has 1 N–H and O–H groups in total. The van der Waals surface area contributed by atoms with Crippen LogP contribution in [0.25, 0.3) is 5.82 Å². The lowest BCUT2D eigenvalue weighted by Crippen LogP contribution is -2.31.